The highest BCUT2D eigenvalue weighted by atomic mass is 15.1. The smallest absolute Gasteiger partial charge is 0.0366 e. The fourth-order valence-corrected chi connectivity index (χ4v) is 3.47. The number of unbranched alkanes of at least 4 members (excludes halogenated alkanes) is 2. The molecule has 0 atom stereocenters. The van der Waals surface area contributed by atoms with Crippen LogP contribution in [0.2, 0.25) is 0 Å². The number of allylic oxidation sites excluding steroid dienone is 8. The maximum Gasteiger partial charge on any atom is 0.0366 e. The molecule has 34 heavy (non-hydrogen) atoms. The fourth-order valence-electron chi connectivity index (χ4n) is 3.47. The Morgan fingerprint density at radius 3 is 1.29 bits per heavy atom. The lowest BCUT2D eigenvalue weighted by atomic mass is 10.1. The van der Waals surface area contributed by atoms with Gasteiger partial charge in [-0.1, -0.05) is 112 Å². The van der Waals surface area contributed by atoms with Crippen LogP contribution in [0.3, 0.4) is 0 Å². The average Bonchev–Trinajstić information content (AvgIpc) is 2.86. The number of rotatable bonds is 14. The Kier molecular flexibility index (Phi) is 13.0. The Bertz CT molecular complexity index is 934. The van der Waals surface area contributed by atoms with Crippen molar-refractivity contribution in [3.63, 3.8) is 0 Å². The van der Waals surface area contributed by atoms with E-state index in [-0.39, 0.29) is 0 Å². The lowest BCUT2D eigenvalue weighted by molar-refractivity contribution is 0.678. The Morgan fingerprint density at radius 2 is 0.912 bits per heavy atom. The fraction of sp³-hybridized carbons (Fsp3) is 0.312. The van der Waals surface area contributed by atoms with Crippen molar-refractivity contribution in [1.82, 2.24) is 0 Å². The van der Waals surface area contributed by atoms with Crippen molar-refractivity contribution >= 4 is 23.5 Å². The Labute approximate surface area is 208 Å². The summed E-state index contributed by atoms with van der Waals surface area (Å²) in [5.41, 5.74) is 4.98. The zero-order valence-corrected chi connectivity index (χ0v) is 21.5. The predicted octanol–water partition coefficient (Wildman–Crippen LogP) is 8.55. The molecule has 0 unspecified atom stereocenters. The number of nitrogens with zero attached hydrogens (tertiary/aromatic N) is 2. The molecule has 2 heteroatoms. The summed E-state index contributed by atoms with van der Waals surface area (Å²) in [4.78, 5) is 4.63. The summed E-state index contributed by atoms with van der Waals surface area (Å²) >= 11 is 0. The molecule has 0 spiro atoms. The van der Waals surface area contributed by atoms with Gasteiger partial charge in [-0.3, -0.25) is 0 Å². The van der Waals surface area contributed by atoms with Gasteiger partial charge in [-0.05, 0) is 48.2 Å². The molecule has 180 valence electrons. The molecule has 0 N–H and O–H groups in total. The molecule has 0 aliphatic heterocycles. The topological polar surface area (TPSA) is 6.48 Å². The van der Waals surface area contributed by atoms with Crippen LogP contribution in [-0.2, 0) is 0 Å². The van der Waals surface area contributed by atoms with Crippen LogP contribution in [-0.4, -0.2) is 27.2 Å². The summed E-state index contributed by atoms with van der Waals surface area (Å²) in [6.45, 7) is 6.81. The van der Waals surface area contributed by atoms with Crippen molar-refractivity contribution < 1.29 is 0 Å². The molecular formula is C32H42N2. The molecule has 2 rings (SSSR count). The Hall–Kier alpha value is -3.26. The summed E-state index contributed by atoms with van der Waals surface area (Å²) in [6, 6.07) is 17.5. The third kappa shape index (κ3) is 10.6. The molecule has 0 amide bonds. The predicted molar refractivity (Wildman–Crippen MR) is 155 cm³/mol. The van der Waals surface area contributed by atoms with Crippen molar-refractivity contribution in [1.29, 1.82) is 0 Å². The molecule has 0 radical (unpaired) electrons. The van der Waals surface area contributed by atoms with E-state index in [1.165, 1.54) is 48.2 Å². The molecule has 0 saturated heterocycles. The van der Waals surface area contributed by atoms with E-state index in [1.807, 2.05) is 24.3 Å². The number of anilines is 2. The van der Waals surface area contributed by atoms with Gasteiger partial charge in [0.25, 0.3) is 0 Å². The first-order chi connectivity index (χ1) is 16.6. The average molecular weight is 455 g/mol. The van der Waals surface area contributed by atoms with Crippen LogP contribution in [0.5, 0.6) is 0 Å². The Balaban J connectivity index is 1.77. The minimum absolute atomic E-state index is 1.15. The third-order valence-electron chi connectivity index (χ3n) is 5.59. The summed E-state index contributed by atoms with van der Waals surface area (Å²) in [5.74, 6) is 0. The quantitative estimate of drug-likeness (QED) is 0.264. The van der Waals surface area contributed by atoms with E-state index in [4.69, 9.17) is 0 Å². The van der Waals surface area contributed by atoms with Gasteiger partial charge in [-0.25, -0.2) is 0 Å². The summed E-state index contributed by atoms with van der Waals surface area (Å²) in [5, 5.41) is 0. The van der Waals surface area contributed by atoms with E-state index in [9.17, 15) is 0 Å². The largest absolute Gasteiger partial charge is 0.378 e. The van der Waals surface area contributed by atoms with Crippen molar-refractivity contribution in [3.8, 4) is 0 Å². The standard InChI is InChI=1S/C32H42N2/c1-5-7-27-34(28-8-6-2)32-25-21-30(22-26-32)18-16-14-12-10-9-11-13-15-17-29-19-23-31(24-20-29)33(3)4/h9-26H,5-8,27-28H2,1-4H3. The van der Waals surface area contributed by atoms with Gasteiger partial charge in [0, 0.05) is 38.6 Å². The minimum Gasteiger partial charge on any atom is -0.378 e. The van der Waals surface area contributed by atoms with Gasteiger partial charge >= 0.3 is 0 Å². The molecule has 2 aromatic carbocycles. The lowest BCUT2D eigenvalue weighted by Gasteiger charge is -2.24. The van der Waals surface area contributed by atoms with Gasteiger partial charge < -0.3 is 9.80 Å². The highest BCUT2D eigenvalue weighted by molar-refractivity contribution is 5.58. The normalized spacial score (nSPS) is 12.2. The molecule has 0 fully saturated rings. The molecular weight excluding hydrogens is 412 g/mol. The van der Waals surface area contributed by atoms with E-state index < -0.39 is 0 Å². The Morgan fingerprint density at radius 1 is 0.529 bits per heavy atom. The molecule has 0 bridgehead atoms. The molecule has 2 aromatic rings. The number of benzene rings is 2. The van der Waals surface area contributed by atoms with Crippen molar-refractivity contribution in [2.45, 2.75) is 39.5 Å². The van der Waals surface area contributed by atoms with E-state index in [0.717, 1.165) is 13.1 Å². The van der Waals surface area contributed by atoms with E-state index in [1.54, 1.807) is 0 Å². The monoisotopic (exact) mass is 454 g/mol. The van der Waals surface area contributed by atoms with Crippen LogP contribution < -0.4 is 9.80 Å². The van der Waals surface area contributed by atoms with Gasteiger partial charge in [0.2, 0.25) is 0 Å². The van der Waals surface area contributed by atoms with Crippen LogP contribution >= 0.6 is 0 Å². The first kappa shape index (κ1) is 27.0. The van der Waals surface area contributed by atoms with Gasteiger partial charge in [-0.15, -0.1) is 0 Å². The van der Waals surface area contributed by atoms with Crippen LogP contribution in [0.15, 0.2) is 97.1 Å². The van der Waals surface area contributed by atoms with Crippen LogP contribution in [0.1, 0.15) is 50.7 Å². The van der Waals surface area contributed by atoms with E-state index in [0.29, 0.717) is 0 Å². The summed E-state index contributed by atoms with van der Waals surface area (Å²) in [6.07, 6.45) is 25.7. The first-order valence-corrected chi connectivity index (χ1v) is 12.6. The zero-order chi connectivity index (χ0) is 24.4. The highest BCUT2D eigenvalue weighted by Crippen LogP contribution is 2.18. The second-order valence-corrected chi connectivity index (χ2v) is 8.64. The molecule has 0 aliphatic carbocycles. The van der Waals surface area contributed by atoms with Gasteiger partial charge in [-0.2, -0.15) is 0 Å². The number of hydrogen-bond acceptors (Lipinski definition) is 2. The van der Waals surface area contributed by atoms with E-state index >= 15 is 0 Å². The van der Waals surface area contributed by atoms with Crippen LogP contribution in [0.25, 0.3) is 12.2 Å². The van der Waals surface area contributed by atoms with Crippen molar-refractivity contribution in [3.05, 3.63) is 108 Å². The zero-order valence-electron chi connectivity index (χ0n) is 21.5. The minimum atomic E-state index is 1.15. The lowest BCUT2D eigenvalue weighted by Crippen LogP contribution is -2.25. The number of hydrogen-bond donors (Lipinski definition) is 0. The maximum atomic E-state index is 2.52. The van der Waals surface area contributed by atoms with E-state index in [2.05, 4.69) is 123 Å². The molecule has 0 heterocycles. The molecule has 0 aliphatic rings. The summed E-state index contributed by atoms with van der Waals surface area (Å²) in [7, 11) is 4.11. The van der Waals surface area contributed by atoms with Crippen LogP contribution in [0, 0.1) is 0 Å². The van der Waals surface area contributed by atoms with Gasteiger partial charge in [0.05, 0.1) is 0 Å². The second-order valence-electron chi connectivity index (χ2n) is 8.64. The molecule has 0 aromatic heterocycles. The third-order valence-corrected chi connectivity index (χ3v) is 5.59. The van der Waals surface area contributed by atoms with Crippen molar-refractivity contribution in [2.24, 2.45) is 0 Å². The highest BCUT2D eigenvalue weighted by Gasteiger charge is 2.04. The molecule has 2 nitrogen and oxygen atoms in total. The van der Waals surface area contributed by atoms with Crippen LogP contribution in [0.4, 0.5) is 11.4 Å². The van der Waals surface area contributed by atoms with Gasteiger partial charge in [0.15, 0.2) is 0 Å². The van der Waals surface area contributed by atoms with Gasteiger partial charge in [0.1, 0.15) is 0 Å². The first-order valence-electron chi connectivity index (χ1n) is 12.6. The van der Waals surface area contributed by atoms with Crippen molar-refractivity contribution in [2.75, 3.05) is 37.0 Å². The second kappa shape index (κ2) is 16.4. The molecule has 0 saturated carbocycles. The SMILES string of the molecule is CCCCN(CCCC)c1ccc(C=CC=CC=CC=CC=Cc2ccc(N(C)C)cc2)cc1. The summed E-state index contributed by atoms with van der Waals surface area (Å²) < 4.78 is 0. The maximum absolute atomic E-state index is 2.52.